The molecule has 0 radical (unpaired) electrons. The molecule has 0 saturated carbocycles. The molecule has 13 heteroatoms. The highest BCUT2D eigenvalue weighted by Crippen LogP contribution is 2.54. The van der Waals surface area contributed by atoms with E-state index in [2.05, 4.69) is 5.32 Å². The number of aliphatic hydroxyl groups excluding tert-OH is 2. The first kappa shape index (κ1) is 41.6. The number of cyclic esters (lactones) is 1. The van der Waals surface area contributed by atoms with E-state index in [1.807, 2.05) is 0 Å². The lowest BCUT2D eigenvalue weighted by Crippen LogP contribution is -2.80. The van der Waals surface area contributed by atoms with Crippen molar-refractivity contribution in [2.45, 2.75) is 97.4 Å². The molecule has 2 amide bonds. The van der Waals surface area contributed by atoms with Gasteiger partial charge in [-0.1, -0.05) is 68.5 Å². The molecule has 2 saturated heterocycles. The number of aliphatic hydroxyl groups is 3. The van der Waals surface area contributed by atoms with E-state index in [4.69, 9.17) is 19.9 Å². The molecule has 1 spiro atoms. The Morgan fingerprint density at radius 1 is 1.10 bits per heavy atom. The van der Waals surface area contributed by atoms with E-state index in [9.17, 15) is 29.7 Å². The minimum Gasteiger partial charge on any atom is -0.457 e. The van der Waals surface area contributed by atoms with Gasteiger partial charge in [-0.15, -0.1) is 5.23 Å². The number of likely N-dealkylation sites (N-methyl/N-ethyl adjacent to an activating group) is 1. The molecule has 0 aromatic heterocycles. The van der Waals surface area contributed by atoms with Crippen molar-refractivity contribution in [3.05, 3.63) is 71.5 Å². The summed E-state index contributed by atoms with van der Waals surface area (Å²) >= 11 is 0. The summed E-state index contributed by atoms with van der Waals surface area (Å²) in [6.07, 6.45) is 11.5. The number of allylic oxidation sites excluding steroid dienone is 9. The van der Waals surface area contributed by atoms with Gasteiger partial charge in [0.25, 0.3) is 0 Å². The fourth-order valence-corrected chi connectivity index (χ4v) is 6.48. The minimum atomic E-state index is -1.87. The fourth-order valence-electron chi connectivity index (χ4n) is 6.48. The third-order valence-corrected chi connectivity index (χ3v) is 10.1. The zero-order valence-electron chi connectivity index (χ0n) is 30.2. The van der Waals surface area contributed by atoms with Gasteiger partial charge < -0.3 is 35.0 Å². The number of nitrogens with zero attached hydrogens (tertiary/aromatic N) is 2. The van der Waals surface area contributed by atoms with Crippen LogP contribution in [0.4, 0.5) is 0 Å². The number of amides is 2. The van der Waals surface area contributed by atoms with Crippen LogP contribution in [0.15, 0.2) is 71.5 Å². The molecule has 2 aliphatic heterocycles. The maximum absolute atomic E-state index is 12.9. The number of carbonyl (C=O) groups is 3. The third-order valence-electron chi connectivity index (χ3n) is 10.1. The lowest BCUT2D eigenvalue weighted by atomic mass is 9.65. The van der Waals surface area contributed by atoms with Crippen LogP contribution in [-0.2, 0) is 23.9 Å². The molecule has 8 atom stereocenters. The van der Waals surface area contributed by atoms with Crippen LogP contribution in [0.1, 0.15) is 61.8 Å². The second-order valence-electron chi connectivity index (χ2n) is 13.5. The number of esters is 1. The molecular weight excluding hydrogens is 634 g/mol. The van der Waals surface area contributed by atoms with E-state index in [-0.39, 0.29) is 35.7 Å². The molecule has 0 aromatic rings. The Hall–Kier alpha value is -3.59. The zero-order chi connectivity index (χ0) is 37.5. The fraction of sp³-hybridized carbons (Fsp3) is 0.583. The number of rotatable bonds is 16. The van der Waals surface area contributed by atoms with Crippen LogP contribution in [0.25, 0.3) is 0 Å². The van der Waals surface area contributed by atoms with Crippen LogP contribution in [-0.4, -0.2) is 110 Å². The van der Waals surface area contributed by atoms with Gasteiger partial charge in [0.2, 0.25) is 17.4 Å². The molecule has 6 N–H and O–H groups in total. The topological polar surface area (TPSA) is 189 Å². The van der Waals surface area contributed by atoms with E-state index >= 15 is 0 Å². The van der Waals surface area contributed by atoms with Crippen molar-refractivity contribution in [1.29, 1.82) is 0 Å². The molecule has 49 heavy (non-hydrogen) atoms. The van der Waals surface area contributed by atoms with Crippen LogP contribution in [0.3, 0.4) is 0 Å². The number of carbonyl (C=O) groups excluding carboxylic acids is 3. The highest BCUT2D eigenvalue weighted by molar-refractivity contribution is 5.99. The number of ether oxygens (including phenoxy) is 2. The van der Waals surface area contributed by atoms with Gasteiger partial charge in [0.05, 0.1) is 35.3 Å². The first-order valence-electron chi connectivity index (χ1n) is 16.3. The molecule has 13 nitrogen and oxygen atoms in total. The third kappa shape index (κ3) is 8.25. The van der Waals surface area contributed by atoms with E-state index < -0.39 is 58.8 Å². The summed E-state index contributed by atoms with van der Waals surface area (Å²) in [6.45, 7) is 13.4. The smallest absolute Gasteiger partial charge is 0.339 e. The van der Waals surface area contributed by atoms with Crippen molar-refractivity contribution in [3.8, 4) is 0 Å². The number of likely N-dealkylation sites (tertiary alicyclic amines) is 1. The Labute approximate surface area is 289 Å². The maximum atomic E-state index is 12.9. The molecule has 0 aromatic carbocycles. The van der Waals surface area contributed by atoms with Gasteiger partial charge in [-0.3, -0.25) is 20.0 Å². The lowest BCUT2D eigenvalue weighted by molar-refractivity contribution is -0.278. The van der Waals surface area contributed by atoms with Gasteiger partial charge in [-0.05, 0) is 65.0 Å². The summed E-state index contributed by atoms with van der Waals surface area (Å²) in [5, 5.41) is 54.6. The quantitative estimate of drug-likeness (QED) is 0.0794. The van der Waals surface area contributed by atoms with Gasteiger partial charge in [0.15, 0.2) is 0 Å². The lowest BCUT2D eigenvalue weighted by Gasteiger charge is -2.55. The Kier molecular flexibility index (Phi) is 14.3. The first-order chi connectivity index (χ1) is 22.7. The van der Waals surface area contributed by atoms with Gasteiger partial charge >= 0.3 is 5.97 Å². The standard InChI is InChI=1S/C36H55N3O10/c1-22(26(5)39(46)47)17-13-11-14-18-23(2)30(41)34(7,8)32(43)37-20-16-12-15-19-28(40)24(3)21-29(48-10)36(45)25(4)31(42)38(9)35(36)27(6)49-33(35)44/h11-19,24-25,27-30,40-41,45-47H,20-21H2,1-10H3,(H,37,43)/b14-11-,16-12+,17-13+,19-15+,23-18-,26-22+/t24-,25+,27-,28+,29+,30-,35-,36-/m1/s1. The van der Waals surface area contributed by atoms with Crippen LogP contribution in [0, 0.1) is 17.3 Å². The summed E-state index contributed by atoms with van der Waals surface area (Å²) in [7, 11) is 2.88. The van der Waals surface area contributed by atoms with Crippen molar-refractivity contribution in [3.63, 3.8) is 0 Å². The number of methoxy groups -OCH3 is 1. The first-order valence-corrected chi connectivity index (χ1v) is 16.3. The molecule has 2 heterocycles. The molecule has 0 bridgehead atoms. The monoisotopic (exact) mass is 689 g/mol. The summed E-state index contributed by atoms with van der Waals surface area (Å²) in [5.74, 6) is -2.79. The minimum absolute atomic E-state index is 0.0519. The Morgan fingerprint density at radius 2 is 1.73 bits per heavy atom. The van der Waals surface area contributed by atoms with Gasteiger partial charge in [0, 0.05) is 20.7 Å². The Morgan fingerprint density at radius 3 is 2.29 bits per heavy atom. The van der Waals surface area contributed by atoms with Gasteiger partial charge in [-0.25, -0.2) is 4.79 Å². The molecule has 0 unspecified atom stereocenters. The number of hydrogen-bond acceptors (Lipinski definition) is 11. The second-order valence-corrected chi connectivity index (χ2v) is 13.5. The zero-order valence-corrected chi connectivity index (χ0v) is 30.2. The average Bonchev–Trinajstić information content (AvgIpc) is 3.22. The predicted octanol–water partition coefficient (Wildman–Crippen LogP) is 2.96. The highest BCUT2D eigenvalue weighted by Gasteiger charge is 2.80. The Balaban J connectivity index is 1.94. The normalized spacial score (nSPS) is 28.0. The molecule has 274 valence electrons. The summed E-state index contributed by atoms with van der Waals surface area (Å²) in [4.78, 5) is 39.8. The van der Waals surface area contributed by atoms with Gasteiger partial charge in [-0.2, -0.15) is 0 Å². The van der Waals surface area contributed by atoms with E-state index in [0.29, 0.717) is 11.1 Å². The van der Waals surface area contributed by atoms with Crippen LogP contribution in [0.2, 0.25) is 0 Å². The second kappa shape index (κ2) is 16.9. The number of hydrogen-bond donors (Lipinski definition) is 6. The van der Waals surface area contributed by atoms with Crippen LogP contribution in [0.5, 0.6) is 0 Å². The Bertz CT molecular complexity index is 1400. The SMILES string of the molecule is CO[C@@H](C[C@@H](C)[C@@H](O)/C=C/C=C/CNC(=O)C(C)(C)[C@H](O)\C(C)=C/C=C\C=C\C(C)=C(/C)N(O)O)[C@]1(O)[C@@H](C)C(=O)N(C)[C@]12C(=O)O[C@@H]2C. The number of hydroxylamine groups is 2. The van der Waals surface area contributed by atoms with Crippen molar-refractivity contribution in [2.24, 2.45) is 17.3 Å². The summed E-state index contributed by atoms with van der Waals surface area (Å²) < 4.78 is 10.9. The average molecular weight is 690 g/mol. The van der Waals surface area contributed by atoms with E-state index in [1.54, 1.807) is 110 Å². The highest BCUT2D eigenvalue weighted by atomic mass is 16.8. The van der Waals surface area contributed by atoms with Crippen LogP contribution < -0.4 is 5.32 Å². The molecule has 2 rings (SSSR count). The van der Waals surface area contributed by atoms with Crippen molar-refractivity contribution in [1.82, 2.24) is 15.4 Å². The van der Waals surface area contributed by atoms with Gasteiger partial charge in [0.1, 0.15) is 11.7 Å². The maximum Gasteiger partial charge on any atom is 0.339 e. The number of nitrogens with one attached hydrogen (secondary N) is 1. The van der Waals surface area contributed by atoms with Crippen LogP contribution >= 0.6 is 0 Å². The molecule has 2 fully saturated rings. The summed E-state index contributed by atoms with van der Waals surface area (Å²) in [5.41, 5.74) is -3.08. The summed E-state index contributed by atoms with van der Waals surface area (Å²) in [6, 6.07) is 0. The largest absolute Gasteiger partial charge is 0.457 e. The van der Waals surface area contributed by atoms with Crippen molar-refractivity contribution in [2.75, 3.05) is 20.7 Å². The molecule has 0 aliphatic carbocycles. The van der Waals surface area contributed by atoms with Crippen molar-refractivity contribution < 1.29 is 49.6 Å². The predicted molar refractivity (Wildman–Crippen MR) is 183 cm³/mol. The van der Waals surface area contributed by atoms with E-state index in [0.717, 1.165) is 0 Å². The van der Waals surface area contributed by atoms with Crippen molar-refractivity contribution >= 4 is 17.8 Å². The molecular formula is C36H55N3O10. The van der Waals surface area contributed by atoms with E-state index in [1.165, 1.54) is 19.1 Å². The molecule has 2 aliphatic rings.